The predicted octanol–water partition coefficient (Wildman–Crippen LogP) is 2.22. The van der Waals surface area contributed by atoms with E-state index in [2.05, 4.69) is 10.3 Å². The maximum absolute atomic E-state index is 12.5. The molecule has 24 heavy (non-hydrogen) atoms. The maximum Gasteiger partial charge on any atom is 0.261 e. The highest BCUT2D eigenvalue weighted by Gasteiger charge is 2.09. The van der Waals surface area contributed by atoms with Gasteiger partial charge in [-0.3, -0.25) is 14.2 Å². The van der Waals surface area contributed by atoms with Crippen molar-refractivity contribution < 1.29 is 4.79 Å². The fraction of sp³-hybridized carbons (Fsp3) is 0.111. The van der Waals surface area contributed by atoms with Gasteiger partial charge in [-0.15, -0.1) is 0 Å². The molecule has 0 aliphatic heterocycles. The van der Waals surface area contributed by atoms with Crippen LogP contribution in [0.25, 0.3) is 10.9 Å². The monoisotopic (exact) mass is 318 g/mol. The zero-order valence-electron chi connectivity index (χ0n) is 13.0. The Morgan fingerprint density at radius 3 is 2.88 bits per heavy atom. The first-order valence-corrected chi connectivity index (χ1v) is 7.33. The highest BCUT2D eigenvalue weighted by Crippen LogP contribution is 2.12. The van der Waals surface area contributed by atoms with E-state index in [-0.39, 0.29) is 18.0 Å². The molecule has 3 rings (SSSR count). The molecular weight excluding hydrogens is 304 g/mol. The molecule has 0 fully saturated rings. The van der Waals surface area contributed by atoms with Gasteiger partial charge in [0.1, 0.15) is 6.54 Å². The molecule has 0 atom stereocenters. The quantitative estimate of drug-likeness (QED) is 0.802. The van der Waals surface area contributed by atoms with Crippen molar-refractivity contribution in [2.24, 2.45) is 0 Å². The van der Waals surface area contributed by atoms with Crippen molar-refractivity contribution in [2.45, 2.75) is 13.5 Å². The lowest BCUT2D eigenvalue weighted by molar-refractivity contribution is -0.116. The van der Waals surface area contributed by atoms with Crippen molar-refractivity contribution in [2.75, 3.05) is 5.32 Å². The molecule has 2 aromatic carbocycles. The van der Waals surface area contributed by atoms with E-state index in [4.69, 9.17) is 5.26 Å². The summed E-state index contributed by atoms with van der Waals surface area (Å²) in [6.07, 6.45) is 1.38. The Labute approximate surface area is 138 Å². The fourth-order valence-electron chi connectivity index (χ4n) is 2.47. The first-order chi connectivity index (χ1) is 11.6. The number of para-hydroxylation sites is 1. The fourth-order valence-corrected chi connectivity index (χ4v) is 2.47. The summed E-state index contributed by atoms with van der Waals surface area (Å²) in [5.74, 6) is -0.360. The predicted molar refractivity (Wildman–Crippen MR) is 90.5 cm³/mol. The number of carbonyl (C=O) groups excluding carboxylic acids is 1. The molecule has 0 saturated carbocycles. The Morgan fingerprint density at radius 1 is 1.29 bits per heavy atom. The van der Waals surface area contributed by atoms with E-state index in [1.165, 1.54) is 10.9 Å². The van der Waals surface area contributed by atoms with Gasteiger partial charge in [0, 0.05) is 5.69 Å². The Kier molecular flexibility index (Phi) is 4.08. The Morgan fingerprint density at radius 2 is 2.08 bits per heavy atom. The molecule has 1 amide bonds. The molecule has 0 unspecified atom stereocenters. The zero-order chi connectivity index (χ0) is 17.1. The summed E-state index contributed by atoms with van der Waals surface area (Å²) < 4.78 is 1.27. The lowest BCUT2D eigenvalue weighted by Gasteiger charge is -2.09. The summed E-state index contributed by atoms with van der Waals surface area (Å²) in [5.41, 5.74) is 2.25. The Hall–Kier alpha value is -3.46. The van der Waals surface area contributed by atoms with Crippen LogP contribution < -0.4 is 10.9 Å². The highest BCUT2D eigenvalue weighted by atomic mass is 16.2. The summed E-state index contributed by atoms with van der Waals surface area (Å²) in [6.45, 7) is 1.74. The standard InChI is InChI=1S/C18H14N4O2/c1-12-4-2-7-15-17(12)20-11-22(18(15)24)10-16(23)21-14-6-3-5-13(8-14)9-19/h2-8,11H,10H2,1H3,(H,21,23). The van der Waals surface area contributed by atoms with Gasteiger partial charge in [-0.05, 0) is 36.8 Å². The number of fused-ring (bicyclic) bond motifs is 1. The second-order valence-electron chi connectivity index (χ2n) is 5.39. The van der Waals surface area contributed by atoms with Crippen molar-refractivity contribution >= 4 is 22.5 Å². The van der Waals surface area contributed by atoms with E-state index in [9.17, 15) is 9.59 Å². The van der Waals surface area contributed by atoms with Crippen LogP contribution in [0.15, 0.2) is 53.6 Å². The molecule has 1 heterocycles. The molecule has 0 bridgehead atoms. The number of benzene rings is 2. The number of rotatable bonds is 3. The lowest BCUT2D eigenvalue weighted by atomic mass is 10.1. The smallest absolute Gasteiger partial charge is 0.261 e. The Balaban J connectivity index is 1.84. The average Bonchev–Trinajstić information content (AvgIpc) is 2.58. The van der Waals surface area contributed by atoms with Gasteiger partial charge in [0.15, 0.2) is 0 Å². The molecule has 1 N–H and O–H groups in total. The van der Waals surface area contributed by atoms with Crippen LogP contribution in [0.4, 0.5) is 5.69 Å². The van der Waals surface area contributed by atoms with Crippen molar-refractivity contribution in [3.63, 3.8) is 0 Å². The number of nitrogens with one attached hydrogen (secondary N) is 1. The van der Waals surface area contributed by atoms with Crippen molar-refractivity contribution in [3.05, 3.63) is 70.3 Å². The van der Waals surface area contributed by atoms with Gasteiger partial charge in [0.05, 0.1) is 28.9 Å². The number of hydrogen-bond acceptors (Lipinski definition) is 4. The normalized spacial score (nSPS) is 10.3. The Bertz CT molecular complexity index is 1030. The third-order valence-electron chi connectivity index (χ3n) is 3.64. The molecule has 6 nitrogen and oxygen atoms in total. The number of aryl methyl sites for hydroxylation is 1. The first-order valence-electron chi connectivity index (χ1n) is 7.33. The van der Waals surface area contributed by atoms with E-state index in [1.54, 1.807) is 36.4 Å². The summed E-state index contributed by atoms with van der Waals surface area (Å²) in [5, 5.41) is 12.0. The third-order valence-corrected chi connectivity index (χ3v) is 3.64. The number of anilines is 1. The second kappa shape index (κ2) is 6.34. The van der Waals surface area contributed by atoms with Crippen molar-refractivity contribution in [1.29, 1.82) is 5.26 Å². The molecule has 1 aromatic heterocycles. The van der Waals surface area contributed by atoms with Gasteiger partial charge in [-0.2, -0.15) is 5.26 Å². The summed E-state index contributed by atoms with van der Waals surface area (Å²) in [7, 11) is 0. The summed E-state index contributed by atoms with van der Waals surface area (Å²) in [6, 6.07) is 14.0. The maximum atomic E-state index is 12.5. The van der Waals surface area contributed by atoms with Crippen LogP contribution in [0.2, 0.25) is 0 Å². The second-order valence-corrected chi connectivity index (χ2v) is 5.39. The zero-order valence-corrected chi connectivity index (χ0v) is 13.0. The number of aromatic nitrogens is 2. The number of amides is 1. The minimum Gasteiger partial charge on any atom is -0.324 e. The van der Waals surface area contributed by atoms with Crippen molar-refractivity contribution in [3.8, 4) is 6.07 Å². The third kappa shape index (κ3) is 3.01. The van der Waals surface area contributed by atoms with E-state index in [0.717, 1.165) is 5.56 Å². The number of nitriles is 1. The van der Waals surface area contributed by atoms with Crippen LogP contribution in [0.3, 0.4) is 0 Å². The molecule has 0 radical (unpaired) electrons. The molecule has 118 valence electrons. The van der Waals surface area contributed by atoms with E-state index in [1.807, 2.05) is 19.1 Å². The van der Waals surface area contributed by atoms with Crippen LogP contribution in [0, 0.1) is 18.3 Å². The molecule has 3 aromatic rings. The van der Waals surface area contributed by atoms with E-state index < -0.39 is 0 Å². The largest absolute Gasteiger partial charge is 0.324 e. The molecule has 0 aliphatic carbocycles. The van der Waals surface area contributed by atoms with Crippen molar-refractivity contribution in [1.82, 2.24) is 9.55 Å². The van der Waals surface area contributed by atoms with Gasteiger partial charge < -0.3 is 5.32 Å². The number of carbonyl (C=O) groups is 1. The van der Waals surface area contributed by atoms with Gasteiger partial charge >= 0.3 is 0 Å². The average molecular weight is 318 g/mol. The minimum absolute atomic E-state index is 0.146. The van der Waals surface area contributed by atoms with Gasteiger partial charge in [-0.1, -0.05) is 18.2 Å². The molecule has 0 aliphatic rings. The SMILES string of the molecule is Cc1cccc2c(=O)n(CC(=O)Nc3cccc(C#N)c3)cnc12. The molecule has 0 saturated heterocycles. The topological polar surface area (TPSA) is 87.8 Å². The van der Waals surface area contributed by atoms with Crippen LogP contribution >= 0.6 is 0 Å². The number of nitrogens with zero attached hydrogens (tertiary/aromatic N) is 3. The first kappa shape index (κ1) is 15.4. The summed E-state index contributed by atoms with van der Waals surface area (Å²) >= 11 is 0. The van der Waals surface area contributed by atoms with E-state index in [0.29, 0.717) is 22.2 Å². The lowest BCUT2D eigenvalue weighted by Crippen LogP contribution is -2.28. The van der Waals surface area contributed by atoms with E-state index >= 15 is 0 Å². The minimum atomic E-state index is -0.360. The number of hydrogen-bond donors (Lipinski definition) is 1. The van der Waals surface area contributed by atoms with Crippen LogP contribution in [0.5, 0.6) is 0 Å². The van der Waals surface area contributed by atoms with Gasteiger partial charge in [-0.25, -0.2) is 4.98 Å². The molecule has 0 spiro atoms. The van der Waals surface area contributed by atoms with Crippen LogP contribution in [-0.4, -0.2) is 15.5 Å². The highest BCUT2D eigenvalue weighted by molar-refractivity contribution is 5.91. The van der Waals surface area contributed by atoms with Crippen LogP contribution in [-0.2, 0) is 11.3 Å². The van der Waals surface area contributed by atoms with Gasteiger partial charge in [0.25, 0.3) is 5.56 Å². The summed E-state index contributed by atoms with van der Waals surface area (Å²) in [4.78, 5) is 28.9. The molecular formula is C18H14N4O2. The molecule has 6 heteroatoms. The van der Waals surface area contributed by atoms with Gasteiger partial charge in [0.2, 0.25) is 5.91 Å². The van der Waals surface area contributed by atoms with Crippen LogP contribution in [0.1, 0.15) is 11.1 Å².